The van der Waals surface area contributed by atoms with Crippen LogP contribution in [0.3, 0.4) is 0 Å². The van der Waals surface area contributed by atoms with Crippen molar-refractivity contribution in [1.82, 2.24) is 0 Å². The first kappa shape index (κ1) is 10.3. The summed E-state index contributed by atoms with van der Waals surface area (Å²) in [4.78, 5) is 0. The van der Waals surface area contributed by atoms with Gasteiger partial charge in [0, 0.05) is 0 Å². The summed E-state index contributed by atoms with van der Waals surface area (Å²) in [5.41, 5.74) is 1.75. The van der Waals surface area contributed by atoms with Crippen LogP contribution in [0.5, 0.6) is 0 Å². The molecule has 0 N–H and O–H groups in total. The zero-order valence-corrected chi connectivity index (χ0v) is 6.75. The minimum atomic E-state index is 0. The first-order valence-electron chi connectivity index (χ1n) is 3.15. The van der Waals surface area contributed by atoms with Crippen LogP contribution in [0.4, 0.5) is 0 Å². The van der Waals surface area contributed by atoms with E-state index >= 15 is 0 Å². The molecule has 50 valence electrons. The summed E-state index contributed by atoms with van der Waals surface area (Å²) in [6.07, 6.45) is 1.65. The van der Waals surface area contributed by atoms with Gasteiger partial charge in [0.05, 0.1) is 0 Å². The van der Waals surface area contributed by atoms with Gasteiger partial charge in [-0.15, -0.1) is 17.7 Å². The van der Waals surface area contributed by atoms with E-state index in [0.29, 0.717) is 0 Å². The summed E-state index contributed by atoms with van der Waals surface area (Å²) in [6, 6.07) is 9.77. The van der Waals surface area contributed by atoms with Crippen molar-refractivity contribution in [3.63, 3.8) is 0 Å². The van der Waals surface area contributed by atoms with Crippen LogP contribution in [0.25, 0.3) is 5.57 Å². The van der Waals surface area contributed by atoms with Crippen molar-refractivity contribution >= 4 is 5.57 Å². The summed E-state index contributed by atoms with van der Waals surface area (Å²) < 4.78 is 0. The van der Waals surface area contributed by atoms with Crippen molar-refractivity contribution in [2.45, 2.75) is 0 Å². The molecule has 0 radical (unpaired) electrons. The van der Waals surface area contributed by atoms with Crippen molar-refractivity contribution in [2.75, 3.05) is 0 Å². The Morgan fingerprint density at radius 2 is 1.82 bits per heavy atom. The predicted octanol–water partition coefficient (Wildman–Crippen LogP) is -0.307. The first-order valence-corrected chi connectivity index (χ1v) is 3.15. The summed E-state index contributed by atoms with van der Waals surface area (Å²) in [7, 11) is 0. The molecule has 0 aliphatic heterocycles. The molecule has 0 aliphatic carbocycles. The normalized spacial score (nSPS) is 8.00. The van der Waals surface area contributed by atoms with Gasteiger partial charge in [0.1, 0.15) is 0 Å². The van der Waals surface area contributed by atoms with Gasteiger partial charge in [-0.1, -0.05) is 18.2 Å². The van der Waals surface area contributed by atoms with Gasteiger partial charge in [-0.25, -0.2) is 6.58 Å². The summed E-state index contributed by atoms with van der Waals surface area (Å²) in [6.45, 7) is 9.17. The molecule has 0 unspecified atom stereocenters. The van der Waals surface area contributed by atoms with E-state index in [9.17, 15) is 0 Å². The summed E-state index contributed by atoms with van der Waals surface area (Å²) in [5, 5.41) is 0. The number of allylic oxidation sites excluding steroid dienone is 2. The fourth-order valence-corrected chi connectivity index (χ4v) is 0.748. The molecule has 0 amide bonds. The molecule has 0 atom stereocenters. The van der Waals surface area contributed by atoms with E-state index in [0.717, 1.165) is 11.1 Å². The standard InChI is InChI=1S/C10H9.Li/c1-3-9(2)10-7-5-4-6-8-10;/h2-8H,1H2;/q-1;+1. The van der Waals surface area contributed by atoms with E-state index in [-0.39, 0.29) is 18.9 Å². The third kappa shape index (κ3) is 2.80. The SMILES string of the molecule is [CH-]=C(C=C)c1ccccc1.[Li+]. The quantitative estimate of drug-likeness (QED) is 0.297. The van der Waals surface area contributed by atoms with E-state index in [1.165, 1.54) is 0 Å². The van der Waals surface area contributed by atoms with Crippen LogP contribution in [-0.4, -0.2) is 0 Å². The van der Waals surface area contributed by atoms with Crippen LogP contribution in [0.2, 0.25) is 0 Å². The van der Waals surface area contributed by atoms with Crippen molar-refractivity contribution < 1.29 is 18.9 Å². The Labute approximate surface area is 79.8 Å². The van der Waals surface area contributed by atoms with Crippen LogP contribution < -0.4 is 18.9 Å². The fraction of sp³-hybridized carbons (Fsp3) is 0. The molecule has 0 aliphatic rings. The maximum atomic E-state index is 5.59. The molecule has 1 rings (SSSR count). The average Bonchev–Trinajstić information content (AvgIpc) is 2.05. The van der Waals surface area contributed by atoms with Gasteiger partial charge < -0.3 is 0 Å². The molecule has 0 fully saturated rings. The smallest absolute Gasteiger partial charge is 0.218 e. The molecule has 0 bridgehead atoms. The van der Waals surface area contributed by atoms with Crippen molar-refractivity contribution in [3.8, 4) is 0 Å². The first-order chi connectivity index (χ1) is 4.84. The zero-order chi connectivity index (χ0) is 7.40. The molecular weight excluding hydrogens is 127 g/mol. The second-order valence-electron chi connectivity index (χ2n) is 2.03. The van der Waals surface area contributed by atoms with Gasteiger partial charge in [-0.2, -0.15) is 18.2 Å². The fourth-order valence-electron chi connectivity index (χ4n) is 0.748. The van der Waals surface area contributed by atoms with E-state index in [2.05, 4.69) is 6.58 Å². The number of benzene rings is 1. The van der Waals surface area contributed by atoms with Crippen molar-refractivity contribution in [3.05, 3.63) is 55.1 Å². The Morgan fingerprint density at radius 3 is 2.27 bits per heavy atom. The van der Waals surface area contributed by atoms with E-state index in [1.54, 1.807) is 6.08 Å². The van der Waals surface area contributed by atoms with E-state index in [1.807, 2.05) is 30.3 Å². The van der Waals surface area contributed by atoms with Gasteiger partial charge in [0.25, 0.3) is 0 Å². The molecule has 1 aromatic rings. The van der Waals surface area contributed by atoms with Crippen LogP contribution in [0.15, 0.2) is 43.0 Å². The second kappa shape index (κ2) is 5.02. The molecule has 1 aromatic carbocycles. The summed E-state index contributed by atoms with van der Waals surface area (Å²) in [5.74, 6) is 0. The Morgan fingerprint density at radius 1 is 1.27 bits per heavy atom. The average molecular weight is 136 g/mol. The van der Waals surface area contributed by atoms with Gasteiger partial charge in [0.2, 0.25) is 0 Å². The maximum absolute atomic E-state index is 5.59. The molecule has 0 aromatic heterocycles. The van der Waals surface area contributed by atoms with Crippen LogP contribution >= 0.6 is 0 Å². The van der Waals surface area contributed by atoms with Gasteiger partial charge in [-0.3, -0.25) is 0 Å². The molecule has 0 nitrogen and oxygen atoms in total. The molecule has 0 spiro atoms. The molecule has 0 saturated carbocycles. The molecule has 0 saturated heterocycles. The third-order valence-corrected chi connectivity index (χ3v) is 1.33. The minimum Gasteiger partial charge on any atom is -0.218 e. The Hall–Kier alpha value is -0.703. The third-order valence-electron chi connectivity index (χ3n) is 1.33. The molecule has 11 heavy (non-hydrogen) atoms. The van der Waals surface area contributed by atoms with E-state index in [4.69, 9.17) is 6.58 Å². The maximum Gasteiger partial charge on any atom is 1.00 e. The van der Waals surface area contributed by atoms with Gasteiger partial charge in [-0.05, 0) is 0 Å². The molecular formula is C10H9Li. The second-order valence-corrected chi connectivity index (χ2v) is 2.03. The Kier molecular flexibility index (Phi) is 4.69. The molecule has 0 heterocycles. The van der Waals surface area contributed by atoms with Gasteiger partial charge >= 0.3 is 18.9 Å². The predicted molar refractivity (Wildman–Crippen MR) is 44.3 cm³/mol. The van der Waals surface area contributed by atoms with Crippen LogP contribution in [-0.2, 0) is 0 Å². The zero-order valence-electron chi connectivity index (χ0n) is 6.75. The van der Waals surface area contributed by atoms with Crippen molar-refractivity contribution in [2.24, 2.45) is 0 Å². The van der Waals surface area contributed by atoms with Gasteiger partial charge in [0.15, 0.2) is 0 Å². The van der Waals surface area contributed by atoms with E-state index < -0.39 is 0 Å². The summed E-state index contributed by atoms with van der Waals surface area (Å²) >= 11 is 0. The van der Waals surface area contributed by atoms with Crippen LogP contribution in [0.1, 0.15) is 5.56 Å². The van der Waals surface area contributed by atoms with Crippen molar-refractivity contribution in [1.29, 1.82) is 0 Å². The Balaban J connectivity index is 0.000001000. The molecule has 1 heteroatoms. The topological polar surface area (TPSA) is 0 Å². The number of rotatable bonds is 2. The number of hydrogen-bond donors (Lipinski definition) is 0. The Bertz CT molecular complexity index is 236. The monoisotopic (exact) mass is 136 g/mol. The number of hydrogen-bond acceptors (Lipinski definition) is 0. The van der Waals surface area contributed by atoms with Crippen LogP contribution in [0, 0.1) is 6.58 Å². The minimum absolute atomic E-state index is 0. The largest absolute Gasteiger partial charge is 1.00 e.